The van der Waals surface area contributed by atoms with E-state index in [1.54, 1.807) is 11.9 Å². The summed E-state index contributed by atoms with van der Waals surface area (Å²) in [5, 5.41) is 17.1. The van der Waals surface area contributed by atoms with Crippen LogP contribution in [0.15, 0.2) is 0 Å². The Hall–Kier alpha value is -1.77. The van der Waals surface area contributed by atoms with Gasteiger partial charge in [-0.15, -0.1) is 0 Å². The number of hydrogen-bond acceptors (Lipinski definition) is 3. The second kappa shape index (κ2) is 6.09. The van der Waals surface area contributed by atoms with Crippen LogP contribution in [0.1, 0.15) is 19.3 Å². The second-order valence-corrected chi connectivity index (χ2v) is 4.31. The van der Waals surface area contributed by atoms with E-state index in [2.05, 4.69) is 0 Å². The van der Waals surface area contributed by atoms with Crippen molar-refractivity contribution in [3.63, 3.8) is 0 Å². The Kier molecular flexibility index (Phi) is 4.76. The number of likely N-dealkylation sites (tertiary alicyclic amines) is 1. The van der Waals surface area contributed by atoms with Gasteiger partial charge in [-0.2, -0.15) is 5.26 Å². The number of carbonyl (C=O) groups is 2. The van der Waals surface area contributed by atoms with E-state index < -0.39 is 5.97 Å². The zero-order valence-electron chi connectivity index (χ0n) is 9.93. The van der Waals surface area contributed by atoms with E-state index in [1.165, 1.54) is 4.90 Å². The van der Waals surface area contributed by atoms with Gasteiger partial charge in [-0.25, -0.2) is 4.79 Å². The summed E-state index contributed by atoms with van der Waals surface area (Å²) < 4.78 is 0. The number of aliphatic carboxylic acids is 1. The van der Waals surface area contributed by atoms with Crippen LogP contribution in [0.25, 0.3) is 0 Å². The van der Waals surface area contributed by atoms with Gasteiger partial charge in [0.05, 0.1) is 12.5 Å². The largest absolute Gasteiger partial charge is 0.481 e. The summed E-state index contributed by atoms with van der Waals surface area (Å²) in [5.41, 5.74) is 0. The van der Waals surface area contributed by atoms with Crippen molar-refractivity contribution in [3.05, 3.63) is 0 Å². The van der Waals surface area contributed by atoms with Gasteiger partial charge >= 0.3 is 12.0 Å². The van der Waals surface area contributed by atoms with Gasteiger partial charge in [0.2, 0.25) is 0 Å². The first kappa shape index (κ1) is 13.3. The Morgan fingerprint density at radius 2 is 2.29 bits per heavy atom. The lowest BCUT2D eigenvalue weighted by Crippen LogP contribution is -2.40. The fraction of sp³-hybridized carbons (Fsp3) is 0.727. The maximum atomic E-state index is 11.9. The number of nitrogens with zero attached hydrogens (tertiary/aromatic N) is 3. The number of carbonyl (C=O) groups excluding carboxylic acids is 1. The normalized spacial score (nSPS) is 18.8. The summed E-state index contributed by atoms with van der Waals surface area (Å²) in [6.45, 7) is 1.52. The SMILES string of the molecule is CN(CCC#N)C(=O)N1CCC(CC(=O)O)C1. The van der Waals surface area contributed by atoms with Crippen LogP contribution in [0.5, 0.6) is 0 Å². The van der Waals surface area contributed by atoms with Crippen LogP contribution in [0, 0.1) is 17.2 Å². The molecule has 6 nitrogen and oxygen atoms in total. The monoisotopic (exact) mass is 239 g/mol. The number of carboxylic acids is 1. The molecule has 1 unspecified atom stereocenters. The molecule has 1 fully saturated rings. The molecule has 6 heteroatoms. The van der Waals surface area contributed by atoms with Gasteiger partial charge in [0.1, 0.15) is 0 Å². The molecule has 17 heavy (non-hydrogen) atoms. The Morgan fingerprint density at radius 1 is 1.59 bits per heavy atom. The fourth-order valence-corrected chi connectivity index (χ4v) is 1.97. The number of carboxylic acid groups (broad SMARTS) is 1. The lowest BCUT2D eigenvalue weighted by molar-refractivity contribution is -0.138. The molecule has 1 atom stereocenters. The molecule has 94 valence electrons. The average Bonchev–Trinajstić information content (AvgIpc) is 2.72. The van der Waals surface area contributed by atoms with E-state index in [0.29, 0.717) is 26.1 Å². The molecule has 1 N–H and O–H groups in total. The van der Waals surface area contributed by atoms with E-state index in [1.807, 2.05) is 6.07 Å². The predicted octanol–water partition coefficient (Wildman–Crippen LogP) is 0.748. The molecule has 1 rings (SSSR count). The molecule has 2 amide bonds. The minimum absolute atomic E-state index is 0.0563. The minimum atomic E-state index is -0.817. The van der Waals surface area contributed by atoms with Crippen LogP contribution < -0.4 is 0 Å². The molecule has 1 heterocycles. The molecule has 0 spiro atoms. The van der Waals surface area contributed by atoms with Gasteiger partial charge in [0.25, 0.3) is 0 Å². The van der Waals surface area contributed by atoms with Crippen molar-refractivity contribution in [2.75, 3.05) is 26.7 Å². The molecule has 1 aliphatic heterocycles. The van der Waals surface area contributed by atoms with Crippen molar-refractivity contribution < 1.29 is 14.7 Å². The van der Waals surface area contributed by atoms with Crippen molar-refractivity contribution >= 4 is 12.0 Å². The van der Waals surface area contributed by atoms with Crippen LogP contribution in [-0.2, 0) is 4.79 Å². The predicted molar refractivity (Wildman–Crippen MR) is 60.2 cm³/mol. The molecule has 0 bridgehead atoms. The minimum Gasteiger partial charge on any atom is -0.481 e. The highest BCUT2D eigenvalue weighted by Crippen LogP contribution is 2.20. The first-order chi connectivity index (χ1) is 8.04. The standard InChI is InChI=1S/C11H17N3O3/c1-13(5-2-4-12)11(17)14-6-3-9(8-14)7-10(15)16/h9H,2-3,5-8H2,1H3,(H,15,16). The van der Waals surface area contributed by atoms with Gasteiger partial charge in [-0.1, -0.05) is 0 Å². The zero-order chi connectivity index (χ0) is 12.8. The number of hydrogen-bond donors (Lipinski definition) is 1. The van der Waals surface area contributed by atoms with Gasteiger partial charge in [0.15, 0.2) is 0 Å². The summed E-state index contributed by atoms with van der Waals surface area (Å²) >= 11 is 0. The summed E-state index contributed by atoms with van der Waals surface area (Å²) in [6.07, 6.45) is 1.17. The molecule has 0 saturated carbocycles. The summed E-state index contributed by atoms with van der Waals surface area (Å²) in [5.74, 6) is -0.761. The van der Waals surface area contributed by atoms with Gasteiger partial charge in [0, 0.05) is 33.1 Å². The van der Waals surface area contributed by atoms with E-state index in [0.717, 1.165) is 6.42 Å². The van der Waals surface area contributed by atoms with Crippen LogP contribution in [-0.4, -0.2) is 53.6 Å². The smallest absolute Gasteiger partial charge is 0.319 e. The molecule has 1 saturated heterocycles. The summed E-state index contributed by atoms with van der Waals surface area (Å²) in [4.78, 5) is 25.6. The average molecular weight is 239 g/mol. The molecular formula is C11H17N3O3. The zero-order valence-corrected chi connectivity index (χ0v) is 9.93. The van der Waals surface area contributed by atoms with Crippen LogP contribution >= 0.6 is 0 Å². The number of urea groups is 1. The number of rotatable bonds is 4. The van der Waals surface area contributed by atoms with Gasteiger partial charge in [-0.05, 0) is 12.3 Å². The van der Waals surface area contributed by atoms with E-state index in [4.69, 9.17) is 10.4 Å². The molecule has 0 aromatic rings. The molecular weight excluding hydrogens is 222 g/mol. The highest BCUT2D eigenvalue weighted by Gasteiger charge is 2.29. The van der Waals surface area contributed by atoms with Gasteiger partial charge in [-0.3, -0.25) is 4.79 Å². The maximum absolute atomic E-state index is 11.9. The molecule has 0 aromatic heterocycles. The van der Waals surface area contributed by atoms with E-state index in [9.17, 15) is 9.59 Å². The first-order valence-corrected chi connectivity index (χ1v) is 5.63. The lowest BCUT2D eigenvalue weighted by atomic mass is 10.1. The van der Waals surface area contributed by atoms with Crippen LogP contribution in [0.4, 0.5) is 4.79 Å². The Morgan fingerprint density at radius 3 is 2.88 bits per heavy atom. The topological polar surface area (TPSA) is 84.6 Å². The molecule has 1 aliphatic rings. The third-order valence-corrected chi connectivity index (χ3v) is 2.91. The molecule has 0 aromatic carbocycles. The van der Waals surface area contributed by atoms with Gasteiger partial charge < -0.3 is 14.9 Å². The fourth-order valence-electron chi connectivity index (χ4n) is 1.97. The quantitative estimate of drug-likeness (QED) is 0.784. The molecule has 0 radical (unpaired) electrons. The highest BCUT2D eigenvalue weighted by atomic mass is 16.4. The van der Waals surface area contributed by atoms with Crippen LogP contribution in [0.2, 0.25) is 0 Å². The van der Waals surface area contributed by atoms with Crippen molar-refractivity contribution in [1.29, 1.82) is 5.26 Å². The molecule has 0 aliphatic carbocycles. The Bertz CT molecular complexity index is 337. The van der Waals surface area contributed by atoms with Crippen LogP contribution in [0.3, 0.4) is 0 Å². The Labute approximate surface area is 100 Å². The van der Waals surface area contributed by atoms with Crippen molar-refractivity contribution in [2.24, 2.45) is 5.92 Å². The summed E-state index contributed by atoms with van der Waals surface area (Å²) in [6, 6.07) is 1.87. The number of amides is 2. The third-order valence-electron chi connectivity index (χ3n) is 2.91. The third kappa shape index (κ3) is 3.94. The summed E-state index contributed by atoms with van der Waals surface area (Å²) in [7, 11) is 1.66. The Balaban J connectivity index is 2.40. The lowest BCUT2D eigenvalue weighted by Gasteiger charge is -2.23. The van der Waals surface area contributed by atoms with E-state index in [-0.39, 0.29) is 18.4 Å². The van der Waals surface area contributed by atoms with Crippen molar-refractivity contribution in [3.8, 4) is 6.07 Å². The van der Waals surface area contributed by atoms with Crippen molar-refractivity contribution in [1.82, 2.24) is 9.80 Å². The first-order valence-electron chi connectivity index (χ1n) is 5.63. The van der Waals surface area contributed by atoms with Crippen molar-refractivity contribution in [2.45, 2.75) is 19.3 Å². The maximum Gasteiger partial charge on any atom is 0.319 e. The highest BCUT2D eigenvalue weighted by molar-refractivity contribution is 5.74. The number of nitriles is 1. The van der Waals surface area contributed by atoms with E-state index >= 15 is 0 Å². The second-order valence-electron chi connectivity index (χ2n) is 4.31.